The maximum absolute atomic E-state index is 14.5. The zero-order valence-electron chi connectivity index (χ0n) is 14.9. The molecule has 1 saturated heterocycles. The van der Waals surface area contributed by atoms with E-state index in [2.05, 4.69) is 9.88 Å². The van der Waals surface area contributed by atoms with Crippen LogP contribution in [0.15, 0.2) is 28.6 Å². The fraction of sp³-hybridized carbons (Fsp3) is 0.500. The predicted molar refractivity (Wildman–Crippen MR) is 106 cm³/mol. The molecule has 0 spiro atoms. The lowest BCUT2D eigenvalue weighted by atomic mass is 10.1. The van der Waals surface area contributed by atoms with E-state index >= 15 is 0 Å². The first kappa shape index (κ1) is 20.7. The minimum Gasteiger partial charge on any atom is -0.325 e. The molecule has 1 aromatic heterocycles. The van der Waals surface area contributed by atoms with Crippen LogP contribution in [0.25, 0.3) is 0 Å². The molecule has 3 rings (SSSR count). The largest absolute Gasteiger partial charge is 0.325 e. The van der Waals surface area contributed by atoms with Gasteiger partial charge in [0.05, 0.1) is 0 Å². The fourth-order valence-corrected chi connectivity index (χ4v) is 5.85. The van der Waals surface area contributed by atoms with Crippen molar-refractivity contribution in [1.82, 2.24) is 9.88 Å². The molecule has 0 amide bonds. The molecular formula is C18H23ClFN3O2S2. The van der Waals surface area contributed by atoms with Crippen molar-refractivity contribution in [2.45, 2.75) is 42.4 Å². The lowest BCUT2D eigenvalue weighted by Crippen LogP contribution is -2.55. The summed E-state index contributed by atoms with van der Waals surface area (Å²) in [5, 5.41) is 2.41. The average Bonchev–Trinajstić information content (AvgIpc) is 3.07. The van der Waals surface area contributed by atoms with Gasteiger partial charge >= 0.3 is 0 Å². The number of nitrogens with two attached hydrogens (primary N) is 1. The van der Waals surface area contributed by atoms with Gasteiger partial charge < -0.3 is 10.6 Å². The van der Waals surface area contributed by atoms with E-state index in [0.29, 0.717) is 28.1 Å². The van der Waals surface area contributed by atoms with Gasteiger partial charge in [-0.1, -0.05) is 18.0 Å². The van der Waals surface area contributed by atoms with Crippen LogP contribution in [0.5, 0.6) is 0 Å². The van der Waals surface area contributed by atoms with Gasteiger partial charge in [-0.2, -0.15) is 0 Å². The Morgan fingerprint density at radius 1 is 1.30 bits per heavy atom. The van der Waals surface area contributed by atoms with Gasteiger partial charge in [0.15, 0.2) is 9.84 Å². The van der Waals surface area contributed by atoms with Crippen molar-refractivity contribution in [3.8, 4) is 0 Å². The molecule has 0 unspecified atom stereocenters. The molecule has 0 radical (unpaired) electrons. The van der Waals surface area contributed by atoms with Gasteiger partial charge in [-0.05, 0) is 43.5 Å². The molecule has 27 heavy (non-hydrogen) atoms. The van der Waals surface area contributed by atoms with E-state index in [-0.39, 0.29) is 10.6 Å². The van der Waals surface area contributed by atoms with E-state index in [1.54, 1.807) is 5.38 Å². The van der Waals surface area contributed by atoms with Crippen LogP contribution < -0.4 is 5.73 Å². The number of likely N-dealkylation sites (tertiary alicyclic amines) is 1. The second kappa shape index (κ2) is 8.96. The maximum atomic E-state index is 14.5. The number of halogens is 2. The summed E-state index contributed by atoms with van der Waals surface area (Å²) in [5.74, 6) is -1.07. The van der Waals surface area contributed by atoms with Gasteiger partial charge in [0, 0.05) is 35.7 Å². The summed E-state index contributed by atoms with van der Waals surface area (Å²) in [6, 6.07) is 2.81. The van der Waals surface area contributed by atoms with E-state index in [4.69, 9.17) is 17.3 Å². The van der Waals surface area contributed by atoms with Crippen molar-refractivity contribution < 1.29 is 12.8 Å². The third-order valence-electron chi connectivity index (χ3n) is 4.64. The summed E-state index contributed by atoms with van der Waals surface area (Å²) in [4.78, 5) is 5.91. The Balaban J connectivity index is 1.56. The third-order valence-corrected chi connectivity index (χ3v) is 7.59. The molecule has 1 fully saturated rings. The van der Waals surface area contributed by atoms with Crippen LogP contribution in [0.3, 0.4) is 0 Å². The zero-order valence-corrected chi connectivity index (χ0v) is 17.3. The maximum Gasteiger partial charge on any atom is 0.187 e. The summed E-state index contributed by atoms with van der Waals surface area (Å²) in [6.07, 6.45) is 5.10. The lowest BCUT2D eigenvalue weighted by Gasteiger charge is -2.36. The van der Waals surface area contributed by atoms with Gasteiger partial charge in [-0.25, -0.2) is 17.8 Å². The second-order valence-corrected chi connectivity index (χ2v) is 10.2. The number of hydrogen-bond donors (Lipinski definition) is 1. The molecular weight excluding hydrogens is 409 g/mol. The van der Waals surface area contributed by atoms with Crippen molar-refractivity contribution in [1.29, 1.82) is 0 Å². The van der Waals surface area contributed by atoms with Crippen LogP contribution in [-0.2, 0) is 22.0 Å². The highest BCUT2D eigenvalue weighted by molar-refractivity contribution is 7.90. The number of aromatic nitrogens is 1. The Kier molecular flexibility index (Phi) is 6.86. The van der Waals surface area contributed by atoms with Gasteiger partial charge in [0.1, 0.15) is 21.5 Å². The number of sulfone groups is 1. The monoisotopic (exact) mass is 431 g/mol. The molecule has 2 N–H and O–H groups in total. The molecule has 0 bridgehead atoms. The van der Waals surface area contributed by atoms with Crippen LogP contribution in [0.1, 0.15) is 29.8 Å². The SMILES string of the molecule is NC1CN(CCCCCc2cc(F)c(S(=O)(=O)Cc3nccs3)cc2Cl)C1. The van der Waals surface area contributed by atoms with E-state index < -0.39 is 15.7 Å². The summed E-state index contributed by atoms with van der Waals surface area (Å²) < 4.78 is 39.4. The number of nitrogens with zero attached hydrogens (tertiary/aromatic N) is 2. The first-order valence-electron chi connectivity index (χ1n) is 8.92. The van der Waals surface area contributed by atoms with Crippen molar-refractivity contribution in [3.05, 3.63) is 45.1 Å². The molecule has 1 aromatic carbocycles. The average molecular weight is 432 g/mol. The van der Waals surface area contributed by atoms with Gasteiger partial charge in [-0.15, -0.1) is 11.3 Å². The van der Waals surface area contributed by atoms with Crippen LogP contribution in [0.2, 0.25) is 5.02 Å². The summed E-state index contributed by atoms with van der Waals surface area (Å²) in [6.45, 7) is 2.96. The molecule has 5 nitrogen and oxygen atoms in total. The fourth-order valence-electron chi connectivity index (χ4n) is 3.18. The van der Waals surface area contributed by atoms with Crippen molar-refractivity contribution in [3.63, 3.8) is 0 Å². The number of rotatable bonds is 9. The zero-order chi connectivity index (χ0) is 19.4. The van der Waals surface area contributed by atoms with E-state index in [0.717, 1.165) is 38.9 Å². The number of thiazole rings is 1. The standard InChI is InChI=1S/C18H23ClFN3O2S2/c19-15-9-17(27(24,25)12-18-22-5-7-26-18)16(20)8-13(15)4-2-1-3-6-23-10-14(21)11-23/h5,7-9,14H,1-4,6,10-12,21H2. The van der Waals surface area contributed by atoms with Crippen LogP contribution in [-0.4, -0.2) is 44.0 Å². The van der Waals surface area contributed by atoms with E-state index in [1.807, 2.05) is 0 Å². The van der Waals surface area contributed by atoms with Gasteiger partial charge in [0.25, 0.3) is 0 Å². The first-order chi connectivity index (χ1) is 12.8. The summed E-state index contributed by atoms with van der Waals surface area (Å²) in [5.41, 5.74) is 6.40. The van der Waals surface area contributed by atoms with Crippen molar-refractivity contribution in [2.75, 3.05) is 19.6 Å². The molecule has 1 aliphatic heterocycles. The normalized spacial score (nSPS) is 15.8. The predicted octanol–water partition coefficient (Wildman–Crippen LogP) is 3.27. The van der Waals surface area contributed by atoms with Crippen LogP contribution >= 0.6 is 22.9 Å². The highest BCUT2D eigenvalue weighted by Gasteiger charge is 2.23. The lowest BCUT2D eigenvalue weighted by molar-refractivity contribution is 0.148. The number of hydrogen-bond acceptors (Lipinski definition) is 6. The van der Waals surface area contributed by atoms with Gasteiger partial charge in [-0.3, -0.25) is 0 Å². The van der Waals surface area contributed by atoms with Crippen molar-refractivity contribution >= 4 is 32.8 Å². The third kappa shape index (κ3) is 5.48. The number of aryl methyl sites for hydroxylation is 1. The Morgan fingerprint density at radius 2 is 2.07 bits per heavy atom. The minimum absolute atomic E-state index is 0.294. The van der Waals surface area contributed by atoms with Crippen LogP contribution in [0, 0.1) is 5.82 Å². The highest BCUT2D eigenvalue weighted by atomic mass is 35.5. The Labute approximate surface area is 168 Å². The van der Waals surface area contributed by atoms with Gasteiger partial charge in [0.2, 0.25) is 0 Å². The van der Waals surface area contributed by atoms with Crippen LogP contribution in [0.4, 0.5) is 4.39 Å². The number of benzene rings is 1. The quantitative estimate of drug-likeness (QED) is 0.616. The van der Waals surface area contributed by atoms with E-state index in [1.165, 1.54) is 29.7 Å². The summed E-state index contributed by atoms with van der Waals surface area (Å²) >= 11 is 7.46. The Bertz CT molecular complexity index is 869. The molecule has 1 aliphatic rings. The summed E-state index contributed by atoms with van der Waals surface area (Å²) in [7, 11) is -3.82. The Morgan fingerprint density at radius 3 is 2.74 bits per heavy atom. The topological polar surface area (TPSA) is 76.3 Å². The van der Waals surface area contributed by atoms with Crippen molar-refractivity contribution in [2.24, 2.45) is 5.73 Å². The van der Waals surface area contributed by atoms with E-state index in [9.17, 15) is 12.8 Å². The Hall–Kier alpha value is -1.06. The second-order valence-electron chi connectivity index (χ2n) is 6.89. The molecule has 2 heterocycles. The molecule has 0 atom stereocenters. The highest BCUT2D eigenvalue weighted by Crippen LogP contribution is 2.28. The molecule has 2 aromatic rings. The molecule has 148 valence electrons. The molecule has 9 heteroatoms. The first-order valence-corrected chi connectivity index (χ1v) is 11.8. The number of unbranched alkanes of at least 4 members (excludes halogenated alkanes) is 2. The minimum atomic E-state index is -3.82. The smallest absolute Gasteiger partial charge is 0.187 e. The molecule has 0 saturated carbocycles. The molecule has 0 aliphatic carbocycles.